The summed E-state index contributed by atoms with van der Waals surface area (Å²) in [6, 6.07) is 9.28. The summed E-state index contributed by atoms with van der Waals surface area (Å²) >= 11 is 0. The van der Waals surface area contributed by atoms with Crippen molar-refractivity contribution in [2.45, 2.75) is 13.0 Å². The monoisotopic (exact) mass is 234 g/mol. The molecule has 2 atom stereocenters. The molecule has 1 fully saturated rings. The number of hydrogen-bond acceptors (Lipinski definition) is 3. The lowest BCUT2D eigenvalue weighted by Crippen LogP contribution is -2.47. The maximum Gasteiger partial charge on any atom is 0.245 e. The van der Waals surface area contributed by atoms with Crippen LogP contribution in [0.15, 0.2) is 30.3 Å². The summed E-state index contributed by atoms with van der Waals surface area (Å²) in [7, 11) is 0. The van der Waals surface area contributed by atoms with E-state index in [1.54, 1.807) is 0 Å². The third kappa shape index (κ3) is 2.58. The minimum absolute atomic E-state index is 0.0966. The molecule has 17 heavy (non-hydrogen) atoms. The molecular weight excluding hydrogens is 216 g/mol. The van der Waals surface area contributed by atoms with Crippen molar-refractivity contribution in [1.82, 2.24) is 5.32 Å². The summed E-state index contributed by atoms with van der Waals surface area (Å²) in [5.41, 5.74) is 0.982. The van der Waals surface area contributed by atoms with Gasteiger partial charge in [0.15, 0.2) is 0 Å². The first kappa shape index (κ1) is 11.9. The van der Waals surface area contributed by atoms with Crippen LogP contribution in [0.2, 0.25) is 0 Å². The van der Waals surface area contributed by atoms with Gasteiger partial charge in [0.1, 0.15) is 6.04 Å². The zero-order valence-electron chi connectivity index (χ0n) is 9.97. The molecular formula is C13H18N2O2. The highest BCUT2D eigenvalue weighted by atomic mass is 16.3. The molecule has 1 heterocycles. The fourth-order valence-corrected chi connectivity index (χ4v) is 2.15. The quantitative estimate of drug-likeness (QED) is 0.788. The van der Waals surface area contributed by atoms with Gasteiger partial charge in [-0.15, -0.1) is 0 Å². The van der Waals surface area contributed by atoms with Crippen LogP contribution in [0.25, 0.3) is 0 Å². The Hall–Kier alpha value is -1.55. The van der Waals surface area contributed by atoms with Crippen LogP contribution >= 0.6 is 0 Å². The van der Waals surface area contributed by atoms with Crippen molar-refractivity contribution in [2.75, 3.05) is 24.6 Å². The Balaban J connectivity index is 2.30. The number of nitrogens with zero attached hydrogens (tertiary/aromatic N) is 1. The predicted octanol–water partition coefficient (Wildman–Crippen LogP) is 0.620. The summed E-state index contributed by atoms with van der Waals surface area (Å²) < 4.78 is 0. The molecule has 0 aliphatic carbocycles. The molecule has 2 unspecified atom stereocenters. The molecule has 0 bridgehead atoms. The van der Waals surface area contributed by atoms with Crippen LogP contribution in [-0.2, 0) is 4.79 Å². The van der Waals surface area contributed by atoms with Gasteiger partial charge in [-0.25, -0.2) is 0 Å². The number of carbonyl (C=O) groups is 1. The van der Waals surface area contributed by atoms with Gasteiger partial charge in [-0.1, -0.05) is 25.1 Å². The molecule has 1 saturated heterocycles. The van der Waals surface area contributed by atoms with Gasteiger partial charge in [-0.05, 0) is 18.1 Å². The predicted molar refractivity (Wildman–Crippen MR) is 66.8 cm³/mol. The summed E-state index contributed by atoms with van der Waals surface area (Å²) in [5.74, 6) is 0.274. The number of rotatable bonds is 2. The summed E-state index contributed by atoms with van der Waals surface area (Å²) in [4.78, 5) is 13.8. The van der Waals surface area contributed by atoms with Gasteiger partial charge in [0.2, 0.25) is 5.91 Å². The number of hydrogen-bond donors (Lipinski definition) is 2. The highest BCUT2D eigenvalue weighted by molar-refractivity contribution is 5.85. The second-order valence-corrected chi connectivity index (χ2v) is 4.54. The first-order valence-electron chi connectivity index (χ1n) is 5.92. The Bertz CT molecular complexity index is 380. The van der Waals surface area contributed by atoms with Gasteiger partial charge in [0.25, 0.3) is 0 Å². The van der Waals surface area contributed by atoms with E-state index in [-0.39, 0.29) is 12.5 Å². The Kier molecular flexibility index (Phi) is 3.64. The van der Waals surface area contributed by atoms with E-state index in [2.05, 4.69) is 12.2 Å². The van der Waals surface area contributed by atoms with Crippen LogP contribution in [-0.4, -0.2) is 36.8 Å². The first-order chi connectivity index (χ1) is 8.22. The van der Waals surface area contributed by atoms with Gasteiger partial charge in [0.05, 0.1) is 6.61 Å². The number of nitrogens with one attached hydrogen (secondary N) is 1. The number of para-hydroxylation sites is 1. The van der Waals surface area contributed by atoms with E-state index in [1.807, 2.05) is 35.2 Å². The first-order valence-corrected chi connectivity index (χ1v) is 5.92. The lowest BCUT2D eigenvalue weighted by atomic mass is 10.1. The minimum Gasteiger partial charge on any atom is -0.394 e. The van der Waals surface area contributed by atoms with E-state index in [1.165, 1.54) is 0 Å². The standard InChI is InChI=1S/C13H18N2O2/c1-10-7-14-13(17)12(9-16)15(8-10)11-5-3-2-4-6-11/h2-6,10,12,16H,7-9H2,1H3,(H,14,17). The van der Waals surface area contributed by atoms with Crippen LogP contribution in [0, 0.1) is 5.92 Å². The summed E-state index contributed by atoms with van der Waals surface area (Å²) in [6.45, 7) is 3.37. The third-order valence-corrected chi connectivity index (χ3v) is 3.07. The van der Waals surface area contributed by atoms with Crippen LogP contribution < -0.4 is 10.2 Å². The number of amides is 1. The zero-order chi connectivity index (χ0) is 12.3. The minimum atomic E-state index is -0.484. The number of carbonyl (C=O) groups excluding carboxylic acids is 1. The lowest BCUT2D eigenvalue weighted by Gasteiger charge is -2.30. The molecule has 1 amide bonds. The van der Waals surface area contributed by atoms with Gasteiger partial charge in [-0.2, -0.15) is 0 Å². The molecule has 1 aliphatic rings. The molecule has 92 valence electrons. The van der Waals surface area contributed by atoms with E-state index in [0.717, 1.165) is 12.2 Å². The molecule has 1 aromatic rings. The summed E-state index contributed by atoms with van der Waals surface area (Å²) in [5, 5.41) is 12.3. The van der Waals surface area contributed by atoms with Crippen LogP contribution in [0.4, 0.5) is 5.69 Å². The second kappa shape index (κ2) is 5.19. The Morgan fingerprint density at radius 3 is 2.76 bits per heavy atom. The SMILES string of the molecule is CC1CNC(=O)C(CO)N(c2ccccc2)C1. The Labute approximate surface area is 101 Å². The average molecular weight is 234 g/mol. The van der Waals surface area contributed by atoms with Gasteiger partial charge in [0, 0.05) is 18.8 Å². The molecule has 0 spiro atoms. The van der Waals surface area contributed by atoms with Crippen LogP contribution in [0.3, 0.4) is 0 Å². The number of anilines is 1. The average Bonchev–Trinajstić information content (AvgIpc) is 2.50. The van der Waals surface area contributed by atoms with Gasteiger partial charge < -0.3 is 15.3 Å². The molecule has 1 aromatic carbocycles. The van der Waals surface area contributed by atoms with Crippen molar-refractivity contribution in [2.24, 2.45) is 5.92 Å². The molecule has 4 nitrogen and oxygen atoms in total. The Morgan fingerprint density at radius 1 is 1.41 bits per heavy atom. The lowest BCUT2D eigenvalue weighted by molar-refractivity contribution is -0.122. The van der Waals surface area contributed by atoms with E-state index in [0.29, 0.717) is 12.5 Å². The van der Waals surface area contributed by atoms with E-state index in [9.17, 15) is 9.90 Å². The van der Waals surface area contributed by atoms with E-state index < -0.39 is 6.04 Å². The fraction of sp³-hybridized carbons (Fsp3) is 0.462. The Morgan fingerprint density at radius 2 is 2.12 bits per heavy atom. The molecule has 0 saturated carbocycles. The topological polar surface area (TPSA) is 52.6 Å². The van der Waals surface area contributed by atoms with Crippen LogP contribution in [0.5, 0.6) is 0 Å². The fourth-order valence-electron chi connectivity index (χ4n) is 2.15. The highest BCUT2D eigenvalue weighted by Crippen LogP contribution is 2.20. The van der Waals surface area contributed by atoms with E-state index >= 15 is 0 Å². The maximum absolute atomic E-state index is 11.9. The van der Waals surface area contributed by atoms with Crippen LogP contribution in [0.1, 0.15) is 6.92 Å². The van der Waals surface area contributed by atoms with Crippen molar-refractivity contribution in [3.8, 4) is 0 Å². The molecule has 2 rings (SSSR count). The second-order valence-electron chi connectivity index (χ2n) is 4.54. The molecule has 1 aliphatic heterocycles. The smallest absolute Gasteiger partial charge is 0.245 e. The van der Waals surface area contributed by atoms with E-state index in [4.69, 9.17) is 0 Å². The number of benzene rings is 1. The zero-order valence-corrected chi connectivity index (χ0v) is 9.97. The van der Waals surface area contributed by atoms with Crippen molar-refractivity contribution in [3.63, 3.8) is 0 Å². The number of aliphatic hydroxyl groups is 1. The van der Waals surface area contributed by atoms with Crippen molar-refractivity contribution in [3.05, 3.63) is 30.3 Å². The molecule has 0 radical (unpaired) electrons. The van der Waals surface area contributed by atoms with Crippen molar-refractivity contribution < 1.29 is 9.90 Å². The summed E-state index contributed by atoms with van der Waals surface area (Å²) in [6.07, 6.45) is 0. The van der Waals surface area contributed by atoms with Crippen molar-refractivity contribution in [1.29, 1.82) is 0 Å². The normalized spacial score (nSPS) is 25.3. The molecule has 2 N–H and O–H groups in total. The molecule has 4 heteroatoms. The molecule has 0 aromatic heterocycles. The largest absolute Gasteiger partial charge is 0.394 e. The maximum atomic E-state index is 11.9. The third-order valence-electron chi connectivity index (χ3n) is 3.07. The van der Waals surface area contributed by atoms with Gasteiger partial charge >= 0.3 is 0 Å². The number of aliphatic hydroxyl groups excluding tert-OH is 1. The van der Waals surface area contributed by atoms with Gasteiger partial charge in [-0.3, -0.25) is 4.79 Å². The highest BCUT2D eigenvalue weighted by Gasteiger charge is 2.29. The van der Waals surface area contributed by atoms with Crippen molar-refractivity contribution >= 4 is 11.6 Å².